The van der Waals surface area contributed by atoms with Gasteiger partial charge in [0.15, 0.2) is 0 Å². The van der Waals surface area contributed by atoms with Crippen molar-refractivity contribution in [3.05, 3.63) is 40.2 Å². The number of anilines is 1. The van der Waals surface area contributed by atoms with E-state index >= 15 is 0 Å². The summed E-state index contributed by atoms with van der Waals surface area (Å²) in [5.74, 6) is -0.185. The van der Waals surface area contributed by atoms with Crippen LogP contribution in [-0.2, 0) is 0 Å². The maximum absolute atomic E-state index is 12.9. The maximum Gasteiger partial charge on any atom is 0.259 e. The van der Waals surface area contributed by atoms with E-state index in [1.54, 1.807) is 17.2 Å². The molecule has 1 aromatic carbocycles. The summed E-state index contributed by atoms with van der Waals surface area (Å²) in [6.45, 7) is 5.32. The van der Waals surface area contributed by atoms with Gasteiger partial charge in [-0.15, -0.1) is 0 Å². The molecule has 3 rings (SSSR count). The van der Waals surface area contributed by atoms with Gasteiger partial charge in [-0.05, 0) is 38.3 Å². The van der Waals surface area contributed by atoms with Crippen molar-refractivity contribution >= 4 is 22.5 Å². The van der Waals surface area contributed by atoms with Crippen molar-refractivity contribution in [1.82, 2.24) is 9.47 Å². The molecule has 0 saturated heterocycles. The third kappa shape index (κ3) is 2.90. The first kappa shape index (κ1) is 16.6. The van der Waals surface area contributed by atoms with Crippen LogP contribution in [0, 0.1) is 0 Å². The number of fused-ring (bicyclic) bond motifs is 1. The number of hydrogen-bond acceptors (Lipinski definition) is 3. The lowest BCUT2D eigenvalue weighted by atomic mass is 10.1. The van der Waals surface area contributed by atoms with Crippen LogP contribution in [0.2, 0.25) is 0 Å². The van der Waals surface area contributed by atoms with Crippen LogP contribution in [0.3, 0.4) is 0 Å². The quantitative estimate of drug-likeness (QED) is 0.829. The molecule has 2 N–H and O–H groups in total. The molecule has 1 saturated carbocycles. The summed E-state index contributed by atoms with van der Waals surface area (Å²) in [4.78, 5) is 27.6. The smallest absolute Gasteiger partial charge is 0.259 e. The number of nitrogens with zero attached hydrogens (tertiary/aromatic N) is 2. The summed E-state index contributed by atoms with van der Waals surface area (Å²) in [5, 5.41) is 0.474. The van der Waals surface area contributed by atoms with Crippen LogP contribution in [0.15, 0.2) is 29.2 Å². The zero-order valence-corrected chi connectivity index (χ0v) is 14.4. The number of aromatic nitrogens is 1. The summed E-state index contributed by atoms with van der Waals surface area (Å²) < 4.78 is 2.06. The van der Waals surface area contributed by atoms with E-state index in [0.29, 0.717) is 30.2 Å². The molecular weight excluding hydrogens is 302 g/mol. The number of carbonyl (C=O) groups excluding carboxylic acids is 1. The minimum atomic E-state index is -0.250. The number of benzene rings is 1. The zero-order valence-electron chi connectivity index (χ0n) is 14.4. The van der Waals surface area contributed by atoms with E-state index < -0.39 is 0 Å². The Bertz CT molecular complexity index is 821. The first-order valence-electron chi connectivity index (χ1n) is 8.81. The Morgan fingerprint density at radius 2 is 2.08 bits per heavy atom. The number of amides is 1. The number of pyridine rings is 1. The summed E-state index contributed by atoms with van der Waals surface area (Å²) in [6.07, 6.45) is 5.85. The third-order valence-corrected chi connectivity index (χ3v) is 4.71. The number of nitrogen functional groups attached to an aromatic ring is 1. The molecule has 0 spiro atoms. The van der Waals surface area contributed by atoms with E-state index in [-0.39, 0.29) is 16.9 Å². The highest BCUT2D eigenvalue weighted by Crippen LogP contribution is 2.37. The van der Waals surface area contributed by atoms with Crippen molar-refractivity contribution < 1.29 is 4.79 Å². The fourth-order valence-electron chi connectivity index (χ4n) is 3.15. The van der Waals surface area contributed by atoms with E-state index in [2.05, 4.69) is 11.5 Å². The van der Waals surface area contributed by atoms with Crippen LogP contribution in [0.5, 0.6) is 0 Å². The summed E-state index contributed by atoms with van der Waals surface area (Å²) in [7, 11) is 0. The molecular formula is C19H25N3O2. The Balaban J connectivity index is 2.14. The number of unbranched alkanes of at least 4 members (excludes halogenated alkanes) is 1. The second-order valence-electron chi connectivity index (χ2n) is 6.49. The van der Waals surface area contributed by atoms with Crippen molar-refractivity contribution in [2.45, 2.75) is 45.6 Å². The Labute approximate surface area is 142 Å². The maximum atomic E-state index is 12.9. The lowest BCUT2D eigenvalue weighted by Crippen LogP contribution is -2.35. The first-order valence-corrected chi connectivity index (χ1v) is 8.81. The fraction of sp³-hybridized carbons (Fsp3) is 0.474. The number of hydrogen-bond donors (Lipinski definition) is 1. The summed E-state index contributed by atoms with van der Waals surface area (Å²) in [5.41, 5.74) is 7.33. The molecule has 1 aromatic heterocycles. The largest absolute Gasteiger partial charge is 0.398 e. The highest BCUT2D eigenvalue weighted by molar-refractivity contribution is 6.00. The molecule has 1 heterocycles. The molecule has 0 aliphatic heterocycles. The molecule has 0 unspecified atom stereocenters. The van der Waals surface area contributed by atoms with Crippen molar-refractivity contribution in [3.63, 3.8) is 0 Å². The van der Waals surface area contributed by atoms with Crippen LogP contribution in [0.25, 0.3) is 10.9 Å². The minimum Gasteiger partial charge on any atom is -0.398 e. The predicted molar refractivity (Wildman–Crippen MR) is 97.4 cm³/mol. The van der Waals surface area contributed by atoms with E-state index in [1.807, 2.05) is 19.1 Å². The standard InChI is InChI=1S/C19H25N3O2/c1-3-5-11-21(4-2)19(24)14-12-22(13-9-10-13)16-8-6-7-15(20)17(16)18(14)23/h6-8,12-13H,3-5,9-11,20H2,1-2H3. The fourth-order valence-corrected chi connectivity index (χ4v) is 3.15. The number of nitrogens with two attached hydrogens (primary N) is 1. The van der Waals surface area contributed by atoms with Crippen LogP contribution >= 0.6 is 0 Å². The van der Waals surface area contributed by atoms with Crippen LogP contribution in [0.1, 0.15) is 55.9 Å². The van der Waals surface area contributed by atoms with Gasteiger partial charge in [-0.25, -0.2) is 0 Å². The average molecular weight is 327 g/mol. The highest BCUT2D eigenvalue weighted by Gasteiger charge is 2.28. The zero-order chi connectivity index (χ0) is 17.3. The number of rotatable bonds is 6. The summed E-state index contributed by atoms with van der Waals surface area (Å²) in [6, 6.07) is 5.86. The topological polar surface area (TPSA) is 68.3 Å². The Hall–Kier alpha value is -2.30. The monoisotopic (exact) mass is 327 g/mol. The molecule has 0 bridgehead atoms. The normalized spacial score (nSPS) is 14.1. The van der Waals surface area contributed by atoms with E-state index in [4.69, 9.17) is 5.73 Å². The molecule has 1 fully saturated rings. The van der Waals surface area contributed by atoms with E-state index in [1.165, 1.54) is 0 Å². The van der Waals surface area contributed by atoms with Gasteiger partial charge in [0.05, 0.1) is 10.9 Å². The van der Waals surface area contributed by atoms with Gasteiger partial charge >= 0.3 is 0 Å². The third-order valence-electron chi connectivity index (χ3n) is 4.71. The molecule has 0 radical (unpaired) electrons. The average Bonchev–Trinajstić information content (AvgIpc) is 3.40. The molecule has 5 nitrogen and oxygen atoms in total. The second-order valence-corrected chi connectivity index (χ2v) is 6.49. The minimum absolute atomic E-state index is 0.185. The van der Waals surface area contributed by atoms with Crippen LogP contribution in [-0.4, -0.2) is 28.5 Å². The van der Waals surface area contributed by atoms with Gasteiger partial charge in [-0.1, -0.05) is 19.4 Å². The number of carbonyl (C=O) groups is 1. The van der Waals surface area contributed by atoms with Crippen LogP contribution in [0.4, 0.5) is 5.69 Å². The van der Waals surface area contributed by atoms with Gasteiger partial charge in [0.25, 0.3) is 5.91 Å². The molecule has 24 heavy (non-hydrogen) atoms. The molecule has 1 amide bonds. The Morgan fingerprint density at radius 1 is 1.33 bits per heavy atom. The molecule has 0 atom stereocenters. The highest BCUT2D eigenvalue weighted by atomic mass is 16.2. The van der Waals surface area contributed by atoms with E-state index in [9.17, 15) is 9.59 Å². The van der Waals surface area contributed by atoms with Crippen LogP contribution < -0.4 is 11.2 Å². The van der Waals surface area contributed by atoms with Gasteiger partial charge in [0, 0.05) is 31.0 Å². The van der Waals surface area contributed by atoms with Gasteiger partial charge < -0.3 is 15.2 Å². The SMILES string of the molecule is CCCCN(CC)C(=O)c1cn(C2CC2)c2cccc(N)c2c1=O. The van der Waals surface area contributed by atoms with Gasteiger partial charge in [0.2, 0.25) is 5.43 Å². The second kappa shape index (κ2) is 6.67. The molecule has 128 valence electrons. The summed E-state index contributed by atoms with van der Waals surface area (Å²) >= 11 is 0. The van der Waals surface area contributed by atoms with Crippen molar-refractivity contribution in [2.24, 2.45) is 0 Å². The first-order chi connectivity index (χ1) is 11.6. The van der Waals surface area contributed by atoms with Crippen molar-refractivity contribution in [2.75, 3.05) is 18.8 Å². The predicted octanol–water partition coefficient (Wildman–Crippen LogP) is 3.18. The van der Waals surface area contributed by atoms with E-state index in [0.717, 1.165) is 31.2 Å². The molecule has 5 heteroatoms. The van der Waals surface area contributed by atoms with Gasteiger partial charge in [-0.3, -0.25) is 9.59 Å². The Kier molecular flexibility index (Phi) is 4.60. The molecule has 1 aliphatic rings. The van der Waals surface area contributed by atoms with Crippen molar-refractivity contribution in [1.29, 1.82) is 0 Å². The molecule has 2 aromatic rings. The Morgan fingerprint density at radius 3 is 2.71 bits per heavy atom. The van der Waals surface area contributed by atoms with Gasteiger partial charge in [-0.2, -0.15) is 0 Å². The van der Waals surface area contributed by atoms with Crippen molar-refractivity contribution in [3.8, 4) is 0 Å². The molecule has 1 aliphatic carbocycles. The lowest BCUT2D eigenvalue weighted by Gasteiger charge is -2.21. The van der Waals surface area contributed by atoms with Gasteiger partial charge in [0.1, 0.15) is 5.56 Å². The lowest BCUT2D eigenvalue weighted by molar-refractivity contribution is 0.0760.